The number of nitrogens with two attached hydrogens (primary N) is 1. The lowest BCUT2D eigenvalue weighted by Gasteiger charge is -2.00. The largest absolute Gasteiger partial charge is 0.447 e. The second-order valence-corrected chi connectivity index (χ2v) is 2.52. The third-order valence-electron chi connectivity index (χ3n) is 1.41. The first-order chi connectivity index (χ1) is 6.68. The van der Waals surface area contributed by atoms with Crippen LogP contribution in [0.1, 0.15) is 5.56 Å². The van der Waals surface area contributed by atoms with Gasteiger partial charge in [0.25, 0.3) is 0 Å². The van der Waals surface area contributed by atoms with Gasteiger partial charge in [0, 0.05) is 0 Å². The smallest absolute Gasteiger partial charge is 0.332 e. The van der Waals surface area contributed by atoms with Crippen LogP contribution in [0.4, 0.5) is 4.79 Å². The Morgan fingerprint density at radius 1 is 1.14 bits per heavy atom. The monoisotopic (exact) mass is 195 g/mol. The fourth-order valence-electron chi connectivity index (χ4n) is 0.880. The van der Waals surface area contributed by atoms with Crippen molar-refractivity contribution in [3.05, 3.63) is 35.9 Å². The Labute approximate surface area is 80.3 Å². The van der Waals surface area contributed by atoms with Crippen LogP contribution < -0.4 is 5.73 Å². The molecule has 0 heterocycles. The van der Waals surface area contributed by atoms with Crippen LogP contribution in [0.5, 0.6) is 0 Å². The van der Waals surface area contributed by atoms with Crippen molar-refractivity contribution in [3.8, 4) is 0 Å². The molecule has 1 aromatic rings. The molecule has 0 aliphatic heterocycles. The Morgan fingerprint density at radius 2 is 1.79 bits per heavy atom. The zero-order valence-corrected chi connectivity index (χ0v) is 7.30. The molecule has 0 saturated heterocycles. The maximum Gasteiger partial charge on any atom is 0.447 e. The number of carbonyl (C=O) groups is 2. The van der Waals surface area contributed by atoms with Crippen molar-refractivity contribution in [1.29, 1.82) is 0 Å². The van der Waals surface area contributed by atoms with Crippen LogP contribution in [0, 0.1) is 0 Å². The van der Waals surface area contributed by atoms with Crippen LogP contribution >= 0.6 is 0 Å². The lowest BCUT2D eigenvalue weighted by Crippen LogP contribution is -2.17. The molecule has 0 aromatic heterocycles. The summed E-state index contributed by atoms with van der Waals surface area (Å²) in [5.74, 6) is -0.671. The van der Waals surface area contributed by atoms with E-state index in [1.807, 2.05) is 6.07 Å². The van der Waals surface area contributed by atoms with Gasteiger partial charge in [-0.15, -0.1) is 0 Å². The van der Waals surface area contributed by atoms with E-state index in [0.717, 1.165) is 5.56 Å². The molecule has 0 spiro atoms. The van der Waals surface area contributed by atoms with E-state index >= 15 is 0 Å². The molecule has 74 valence electrons. The van der Waals surface area contributed by atoms with E-state index in [1.54, 1.807) is 24.3 Å². The average molecular weight is 195 g/mol. The molecule has 2 N–H and O–H groups in total. The maximum atomic E-state index is 11.0. The third kappa shape index (κ3) is 3.57. The van der Waals surface area contributed by atoms with Gasteiger partial charge in [-0.05, 0) is 5.56 Å². The molecule has 0 radical (unpaired) electrons. The predicted molar refractivity (Wildman–Crippen MR) is 46.9 cm³/mol. The Balaban J connectivity index is 2.38. The number of hydrogen-bond donors (Lipinski definition) is 1. The summed E-state index contributed by atoms with van der Waals surface area (Å²) in [7, 11) is 0. The van der Waals surface area contributed by atoms with Gasteiger partial charge >= 0.3 is 12.1 Å². The summed E-state index contributed by atoms with van der Waals surface area (Å²) in [5, 5.41) is 0. The van der Waals surface area contributed by atoms with Crippen LogP contribution in [0.25, 0.3) is 0 Å². The van der Waals surface area contributed by atoms with E-state index < -0.39 is 12.1 Å². The molecule has 0 fully saturated rings. The van der Waals surface area contributed by atoms with Gasteiger partial charge in [0.15, 0.2) is 0 Å². The van der Waals surface area contributed by atoms with Crippen molar-refractivity contribution in [2.24, 2.45) is 5.73 Å². The van der Waals surface area contributed by atoms with Crippen LogP contribution in [-0.4, -0.2) is 12.1 Å². The summed E-state index contributed by atoms with van der Waals surface area (Å²) in [4.78, 5) is 29.0. The Morgan fingerprint density at radius 3 is 2.36 bits per heavy atom. The molecular formula is C9H9NO4. The molecule has 0 unspecified atom stereocenters. The number of primary amides is 1. The Bertz CT molecular complexity index is 323. The van der Waals surface area contributed by atoms with Crippen LogP contribution in [-0.2, 0) is 21.0 Å². The molecule has 1 amide bonds. The van der Waals surface area contributed by atoms with E-state index in [4.69, 9.17) is 0 Å². The van der Waals surface area contributed by atoms with Gasteiger partial charge in [0.1, 0.15) is 0 Å². The highest BCUT2D eigenvalue weighted by Crippen LogP contribution is 2.00. The van der Waals surface area contributed by atoms with Crippen molar-refractivity contribution in [3.63, 3.8) is 0 Å². The molecule has 0 aliphatic rings. The van der Waals surface area contributed by atoms with E-state index in [2.05, 4.69) is 15.5 Å². The lowest BCUT2D eigenvalue weighted by molar-refractivity contribution is -0.230. The van der Waals surface area contributed by atoms with Gasteiger partial charge in [0.05, 0.1) is 6.42 Å². The number of benzene rings is 1. The first-order valence-corrected chi connectivity index (χ1v) is 3.89. The first-order valence-electron chi connectivity index (χ1n) is 3.89. The van der Waals surface area contributed by atoms with Gasteiger partial charge in [-0.2, -0.15) is 0 Å². The molecule has 5 nitrogen and oxygen atoms in total. The number of hydrogen-bond acceptors (Lipinski definition) is 4. The van der Waals surface area contributed by atoms with Crippen molar-refractivity contribution < 1.29 is 19.4 Å². The van der Waals surface area contributed by atoms with Crippen molar-refractivity contribution >= 4 is 12.1 Å². The van der Waals surface area contributed by atoms with Crippen molar-refractivity contribution in [2.45, 2.75) is 6.42 Å². The van der Waals surface area contributed by atoms with E-state index in [-0.39, 0.29) is 6.42 Å². The minimum atomic E-state index is -1.15. The van der Waals surface area contributed by atoms with Crippen LogP contribution in [0.2, 0.25) is 0 Å². The Kier molecular flexibility index (Phi) is 3.49. The topological polar surface area (TPSA) is 78.6 Å². The van der Waals surface area contributed by atoms with Gasteiger partial charge in [-0.1, -0.05) is 30.3 Å². The number of rotatable bonds is 2. The molecule has 1 rings (SSSR count). The summed E-state index contributed by atoms with van der Waals surface area (Å²) < 4.78 is 0. The normalized spacial score (nSPS) is 9.14. The molecule has 0 bridgehead atoms. The molecular weight excluding hydrogens is 186 g/mol. The summed E-state index contributed by atoms with van der Waals surface area (Å²) in [5.41, 5.74) is 5.36. The molecule has 0 atom stereocenters. The lowest BCUT2D eigenvalue weighted by atomic mass is 10.2. The Hall–Kier alpha value is -2.04. The van der Waals surface area contributed by atoms with Crippen LogP contribution in [0.15, 0.2) is 30.3 Å². The average Bonchev–Trinajstić information content (AvgIpc) is 2.16. The summed E-state index contributed by atoms with van der Waals surface area (Å²) in [6.45, 7) is 0. The SMILES string of the molecule is NC(=O)OOC(=O)Cc1ccccc1. The molecule has 14 heavy (non-hydrogen) atoms. The van der Waals surface area contributed by atoms with E-state index in [0.29, 0.717) is 0 Å². The maximum absolute atomic E-state index is 11.0. The zero-order chi connectivity index (χ0) is 10.4. The zero-order valence-electron chi connectivity index (χ0n) is 7.30. The minimum absolute atomic E-state index is 0.0358. The summed E-state index contributed by atoms with van der Waals surface area (Å²) >= 11 is 0. The highest BCUT2D eigenvalue weighted by molar-refractivity contribution is 5.73. The predicted octanol–water partition coefficient (Wildman–Crippen LogP) is 0.783. The number of amides is 1. The molecule has 5 heteroatoms. The van der Waals surface area contributed by atoms with Gasteiger partial charge in [0.2, 0.25) is 0 Å². The first kappa shape index (κ1) is 10.0. The van der Waals surface area contributed by atoms with E-state index in [9.17, 15) is 9.59 Å². The fourth-order valence-corrected chi connectivity index (χ4v) is 0.880. The highest BCUT2D eigenvalue weighted by atomic mass is 17.2. The minimum Gasteiger partial charge on any atom is -0.332 e. The number of carbonyl (C=O) groups excluding carboxylic acids is 2. The second kappa shape index (κ2) is 4.86. The quantitative estimate of drug-likeness (QED) is 0.558. The molecule has 1 aromatic carbocycles. The summed E-state index contributed by atoms with van der Waals surface area (Å²) in [6, 6.07) is 8.92. The fraction of sp³-hybridized carbons (Fsp3) is 0.111. The van der Waals surface area contributed by atoms with Gasteiger partial charge in [-0.3, -0.25) is 0 Å². The van der Waals surface area contributed by atoms with Gasteiger partial charge in [-0.25, -0.2) is 19.4 Å². The highest BCUT2D eigenvalue weighted by Gasteiger charge is 2.07. The second-order valence-electron chi connectivity index (χ2n) is 2.52. The van der Waals surface area contributed by atoms with E-state index in [1.165, 1.54) is 0 Å². The third-order valence-corrected chi connectivity index (χ3v) is 1.41. The van der Waals surface area contributed by atoms with Crippen molar-refractivity contribution in [2.75, 3.05) is 0 Å². The van der Waals surface area contributed by atoms with Crippen molar-refractivity contribution in [1.82, 2.24) is 0 Å². The summed E-state index contributed by atoms with van der Waals surface area (Å²) in [6.07, 6.45) is -1.11. The molecule has 0 aliphatic carbocycles. The standard InChI is InChI=1S/C9H9NO4/c10-9(12)14-13-8(11)6-7-4-2-1-3-5-7/h1-5H,6H2,(H2,10,12). The van der Waals surface area contributed by atoms with Gasteiger partial charge < -0.3 is 5.73 Å². The van der Waals surface area contributed by atoms with Crippen LogP contribution in [0.3, 0.4) is 0 Å². The molecule has 0 saturated carbocycles.